The van der Waals surface area contributed by atoms with Gasteiger partial charge in [0, 0.05) is 17.7 Å². The predicted molar refractivity (Wildman–Crippen MR) is 130 cm³/mol. The number of anilines is 1. The summed E-state index contributed by atoms with van der Waals surface area (Å²) in [6, 6.07) is 26.8. The van der Waals surface area contributed by atoms with Gasteiger partial charge in [-0.15, -0.1) is 10.2 Å². The molecule has 1 aromatic heterocycles. The maximum atomic E-state index is 13.2. The van der Waals surface area contributed by atoms with Gasteiger partial charge in [0.25, 0.3) is 5.91 Å². The first-order valence-corrected chi connectivity index (χ1v) is 11.7. The molecule has 1 fully saturated rings. The van der Waals surface area contributed by atoms with Crippen LogP contribution in [0.25, 0.3) is 21.7 Å². The van der Waals surface area contributed by atoms with Crippen molar-refractivity contribution in [2.24, 2.45) is 0 Å². The molecule has 0 saturated carbocycles. The quantitative estimate of drug-likeness (QED) is 0.454. The van der Waals surface area contributed by atoms with Crippen molar-refractivity contribution in [1.29, 1.82) is 0 Å². The SMILES string of the molecule is O=C(Nc1nnc(-c2ccccc2)s1)[C@@H]1CCCN1C(=O)c1ccc(-c2ccccc2)cc1. The van der Waals surface area contributed by atoms with E-state index in [0.717, 1.165) is 28.1 Å². The first kappa shape index (κ1) is 21.0. The lowest BCUT2D eigenvalue weighted by Gasteiger charge is -2.23. The van der Waals surface area contributed by atoms with E-state index >= 15 is 0 Å². The van der Waals surface area contributed by atoms with Crippen LogP contribution < -0.4 is 5.32 Å². The Bertz CT molecular complexity index is 1260. The van der Waals surface area contributed by atoms with Gasteiger partial charge in [-0.2, -0.15) is 0 Å². The van der Waals surface area contributed by atoms with Crippen LogP contribution in [0, 0.1) is 0 Å². The van der Waals surface area contributed by atoms with Gasteiger partial charge >= 0.3 is 0 Å². The fourth-order valence-electron chi connectivity index (χ4n) is 4.04. The van der Waals surface area contributed by atoms with Gasteiger partial charge in [-0.1, -0.05) is 84.1 Å². The molecular weight excluding hydrogens is 432 g/mol. The number of benzene rings is 3. The minimum atomic E-state index is -0.518. The highest BCUT2D eigenvalue weighted by Gasteiger charge is 2.35. The van der Waals surface area contributed by atoms with E-state index in [2.05, 4.69) is 15.5 Å². The number of carbonyl (C=O) groups is 2. The highest BCUT2D eigenvalue weighted by atomic mass is 32.1. The molecule has 0 bridgehead atoms. The van der Waals surface area contributed by atoms with Crippen molar-refractivity contribution in [1.82, 2.24) is 15.1 Å². The van der Waals surface area contributed by atoms with Gasteiger partial charge in [0.15, 0.2) is 0 Å². The predicted octanol–water partition coefficient (Wildman–Crippen LogP) is 5.12. The lowest BCUT2D eigenvalue weighted by Crippen LogP contribution is -2.43. The summed E-state index contributed by atoms with van der Waals surface area (Å²) in [5.41, 5.74) is 3.68. The third-order valence-electron chi connectivity index (χ3n) is 5.73. The van der Waals surface area contributed by atoms with Gasteiger partial charge in [-0.25, -0.2) is 0 Å². The summed E-state index contributed by atoms with van der Waals surface area (Å²) < 4.78 is 0. The molecule has 2 amide bonds. The molecule has 1 N–H and O–H groups in total. The molecule has 4 aromatic rings. The summed E-state index contributed by atoms with van der Waals surface area (Å²) in [6.45, 7) is 0.558. The number of nitrogens with one attached hydrogen (secondary N) is 1. The molecule has 164 valence electrons. The normalized spacial score (nSPS) is 15.4. The van der Waals surface area contributed by atoms with E-state index in [1.807, 2.05) is 84.9 Å². The number of hydrogen-bond donors (Lipinski definition) is 1. The molecule has 1 atom stereocenters. The van der Waals surface area contributed by atoms with Crippen LogP contribution in [0.2, 0.25) is 0 Å². The lowest BCUT2D eigenvalue weighted by molar-refractivity contribution is -0.119. The topological polar surface area (TPSA) is 75.2 Å². The van der Waals surface area contributed by atoms with Gasteiger partial charge in [-0.3, -0.25) is 14.9 Å². The number of likely N-dealkylation sites (tertiary alicyclic amines) is 1. The zero-order valence-electron chi connectivity index (χ0n) is 17.8. The second-order valence-corrected chi connectivity index (χ2v) is 8.85. The summed E-state index contributed by atoms with van der Waals surface area (Å²) in [5, 5.41) is 12.3. The van der Waals surface area contributed by atoms with Gasteiger partial charge in [0.2, 0.25) is 11.0 Å². The number of hydrogen-bond acceptors (Lipinski definition) is 5. The molecule has 5 rings (SSSR count). The minimum absolute atomic E-state index is 0.130. The van der Waals surface area contributed by atoms with Crippen molar-refractivity contribution in [3.63, 3.8) is 0 Å². The van der Waals surface area contributed by atoms with Gasteiger partial charge < -0.3 is 4.90 Å². The largest absolute Gasteiger partial charge is 0.327 e. The second kappa shape index (κ2) is 9.34. The van der Waals surface area contributed by atoms with E-state index in [4.69, 9.17) is 0 Å². The summed E-state index contributed by atoms with van der Waals surface area (Å²) in [5.74, 6) is -0.355. The van der Waals surface area contributed by atoms with Crippen LogP contribution >= 0.6 is 11.3 Å². The van der Waals surface area contributed by atoms with Crippen LogP contribution in [-0.4, -0.2) is 39.5 Å². The third kappa shape index (κ3) is 4.54. The van der Waals surface area contributed by atoms with Crippen molar-refractivity contribution in [3.8, 4) is 21.7 Å². The van der Waals surface area contributed by atoms with E-state index in [9.17, 15) is 9.59 Å². The van der Waals surface area contributed by atoms with Crippen LogP contribution in [-0.2, 0) is 4.79 Å². The van der Waals surface area contributed by atoms with Crippen LogP contribution in [0.4, 0.5) is 5.13 Å². The summed E-state index contributed by atoms with van der Waals surface area (Å²) in [7, 11) is 0. The molecule has 33 heavy (non-hydrogen) atoms. The molecule has 0 unspecified atom stereocenters. The number of nitrogens with zero attached hydrogens (tertiary/aromatic N) is 3. The summed E-state index contributed by atoms with van der Waals surface area (Å²) in [4.78, 5) is 27.8. The van der Waals surface area contributed by atoms with Crippen molar-refractivity contribution >= 4 is 28.3 Å². The molecule has 1 aliphatic heterocycles. The Kier molecular flexibility index (Phi) is 5.95. The monoisotopic (exact) mass is 454 g/mol. The second-order valence-electron chi connectivity index (χ2n) is 7.87. The van der Waals surface area contributed by atoms with Crippen LogP contribution in [0.15, 0.2) is 84.9 Å². The van der Waals surface area contributed by atoms with E-state index < -0.39 is 6.04 Å². The van der Waals surface area contributed by atoms with E-state index in [-0.39, 0.29) is 11.8 Å². The summed E-state index contributed by atoms with van der Waals surface area (Å²) in [6.07, 6.45) is 1.42. The van der Waals surface area contributed by atoms with Crippen LogP contribution in [0.1, 0.15) is 23.2 Å². The number of aromatic nitrogens is 2. The Morgan fingerprint density at radius 2 is 1.45 bits per heavy atom. The average Bonchev–Trinajstić information content (AvgIpc) is 3.55. The fraction of sp³-hybridized carbons (Fsp3) is 0.154. The van der Waals surface area contributed by atoms with E-state index in [1.165, 1.54) is 11.3 Å². The Labute approximate surface area is 195 Å². The number of rotatable bonds is 5. The van der Waals surface area contributed by atoms with Gasteiger partial charge in [0.1, 0.15) is 11.0 Å². The molecule has 2 heterocycles. The molecule has 0 aliphatic carbocycles. The Morgan fingerprint density at radius 1 is 0.818 bits per heavy atom. The maximum absolute atomic E-state index is 13.2. The highest BCUT2D eigenvalue weighted by molar-refractivity contribution is 7.18. The maximum Gasteiger partial charge on any atom is 0.254 e. The third-order valence-corrected chi connectivity index (χ3v) is 6.62. The standard InChI is InChI=1S/C26H22N4O2S/c31-23(27-26-29-28-24(33-26)20-10-5-2-6-11-20)22-12-7-17-30(22)25(32)21-15-13-19(14-16-21)18-8-3-1-4-9-18/h1-6,8-11,13-16,22H,7,12,17H2,(H,27,29,31)/t22-/m0/s1. The fourth-order valence-corrected chi connectivity index (χ4v) is 4.80. The van der Waals surface area contributed by atoms with Gasteiger partial charge in [0.05, 0.1) is 0 Å². The van der Waals surface area contributed by atoms with Crippen LogP contribution in [0.5, 0.6) is 0 Å². The van der Waals surface area contributed by atoms with Crippen LogP contribution in [0.3, 0.4) is 0 Å². The molecule has 1 saturated heterocycles. The lowest BCUT2D eigenvalue weighted by atomic mass is 10.0. The zero-order chi connectivity index (χ0) is 22.6. The zero-order valence-corrected chi connectivity index (χ0v) is 18.7. The Morgan fingerprint density at radius 3 is 2.15 bits per heavy atom. The van der Waals surface area contributed by atoms with Crippen molar-refractivity contribution < 1.29 is 9.59 Å². The molecule has 3 aromatic carbocycles. The average molecular weight is 455 g/mol. The highest BCUT2D eigenvalue weighted by Crippen LogP contribution is 2.28. The molecule has 1 aliphatic rings. The Hall–Kier alpha value is -3.84. The molecular formula is C26H22N4O2S. The molecule has 0 spiro atoms. The Balaban J connectivity index is 1.27. The number of amides is 2. The molecule has 0 radical (unpaired) electrons. The smallest absolute Gasteiger partial charge is 0.254 e. The van der Waals surface area contributed by atoms with E-state index in [1.54, 1.807) is 4.90 Å². The van der Waals surface area contributed by atoms with Gasteiger partial charge in [-0.05, 0) is 36.1 Å². The molecule has 6 nitrogen and oxygen atoms in total. The van der Waals surface area contributed by atoms with E-state index in [0.29, 0.717) is 23.7 Å². The summed E-state index contributed by atoms with van der Waals surface area (Å²) >= 11 is 1.32. The first-order chi connectivity index (χ1) is 16.2. The number of carbonyl (C=O) groups excluding carboxylic acids is 2. The van der Waals surface area contributed by atoms with Crippen molar-refractivity contribution in [2.75, 3.05) is 11.9 Å². The molecule has 7 heteroatoms. The van der Waals surface area contributed by atoms with Crippen molar-refractivity contribution in [3.05, 3.63) is 90.5 Å². The minimum Gasteiger partial charge on any atom is -0.327 e. The first-order valence-electron chi connectivity index (χ1n) is 10.9. The van der Waals surface area contributed by atoms with Crippen molar-refractivity contribution in [2.45, 2.75) is 18.9 Å².